The van der Waals surface area contributed by atoms with Gasteiger partial charge >= 0.3 is 6.18 Å². The molecule has 0 saturated heterocycles. The predicted octanol–water partition coefficient (Wildman–Crippen LogP) is 2.36. The van der Waals surface area contributed by atoms with Crippen molar-refractivity contribution in [3.63, 3.8) is 0 Å². The van der Waals surface area contributed by atoms with Crippen molar-refractivity contribution in [3.8, 4) is 0 Å². The molecule has 4 heterocycles. The van der Waals surface area contributed by atoms with Crippen LogP contribution in [0.2, 0.25) is 0 Å². The highest BCUT2D eigenvalue weighted by Gasteiger charge is 2.37. The Labute approximate surface area is 198 Å². The minimum atomic E-state index is -4.48. The molecule has 1 aliphatic rings. The SMILES string of the molecule is C=C[C@@H](O)[C@H]1C(=O)Nc2c(C)nc(NCc3cnn(Cc4ccc(C(F)(F)F)nc4)c3)nc2N1C. The summed E-state index contributed by atoms with van der Waals surface area (Å²) < 4.78 is 39.6. The third kappa shape index (κ3) is 5.09. The number of nitrogens with zero attached hydrogens (tertiary/aromatic N) is 6. The Kier molecular flexibility index (Phi) is 6.43. The molecule has 1 amide bonds. The Bertz CT molecular complexity index is 1240. The zero-order chi connectivity index (χ0) is 25.3. The summed E-state index contributed by atoms with van der Waals surface area (Å²) in [5.41, 5.74) is 1.45. The van der Waals surface area contributed by atoms with E-state index in [9.17, 15) is 23.1 Å². The van der Waals surface area contributed by atoms with Crippen LogP contribution in [-0.4, -0.2) is 54.9 Å². The number of halogens is 3. The van der Waals surface area contributed by atoms with Crippen LogP contribution in [0.5, 0.6) is 0 Å². The van der Waals surface area contributed by atoms with Gasteiger partial charge in [-0.1, -0.05) is 12.1 Å². The van der Waals surface area contributed by atoms with Gasteiger partial charge in [0.2, 0.25) is 11.9 Å². The number of carbonyl (C=O) groups excluding carboxylic acids is 1. The van der Waals surface area contributed by atoms with Crippen molar-refractivity contribution >= 4 is 23.4 Å². The molecule has 2 atom stereocenters. The van der Waals surface area contributed by atoms with E-state index in [0.717, 1.165) is 11.6 Å². The number of aryl methyl sites for hydroxylation is 1. The second kappa shape index (κ2) is 9.33. The van der Waals surface area contributed by atoms with Gasteiger partial charge < -0.3 is 20.6 Å². The summed E-state index contributed by atoms with van der Waals surface area (Å²) in [5.74, 6) is 0.391. The Morgan fingerprint density at radius 1 is 1.29 bits per heavy atom. The lowest BCUT2D eigenvalue weighted by Crippen LogP contribution is -2.52. The van der Waals surface area contributed by atoms with Crippen molar-refractivity contribution in [2.75, 3.05) is 22.6 Å². The number of hydrogen-bond donors (Lipinski definition) is 3. The first-order valence-electron chi connectivity index (χ1n) is 10.6. The number of anilines is 3. The van der Waals surface area contributed by atoms with E-state index in [1.165, 1.54) is 18.3 Å². The number of likely N-dealkylation sites (N-methyl/N-ethyl adjacent to an activating group) is 1. The molecule has 4 rings (SSSR count). The van der Waals surface area contributed by atoms with Gasteiger partial charge in [-0.25, -0.2) is 4.98 Å². The highest BCUT2D eigenvalue weighted by atomic mass is 19.4. The van der Waals surface area contributed by atoms with Crippen LogP contribution in [0, 0.1) is 6.92 Å². The number of fused-ring (bicyclic) bond motifs is 1. The van der Waals surface area contributed by atoms with E-state index in [4.69, 9.17) is 0 Å². The molecule has 0 aliphatic carbocycles. The highest BCUT2D eigenvalue weighted by Crippen LogP contribution is 2.33. The maximum Gasteiger partial charge on any atom is 0.433 e. The first-order chi connectivity index (χ1) is 16.6. The molecule has 0 fully saturated rings. The van der Waals surface area contributed by atoms with Crippen LogP contribution in [0.15, 0.2) is 43.4 Å². The van der Waals surface area contributed by atoms with E-state index in [1.807, 2.05) is 0 Å². The number of amides is 1. The van der Waals surface area contributed by atoms with Crippen LogP contribution in [0.3, 0.4) is 0 Å². The first kappa shape index (κ1) is 24.1. The molecule has 35 heavy (non-hydrogen) atoms. The van der Waals surface area contributed by atoms with Crippen molar-refractivity contribution in [3.05, 3.63) is 65.9 Å². The molecule has 0 radical (unpaired) electrons. The minimum absolute atomic E-state index is 0.261. The Balaban J connectivity index is 1.44. The van der Waals surface area contributed by atoms with Gasteiger partial charge in [0.05, 0.1) is 18.4 Å². The van der Waals surface area contributed by atoms with Crippen LogP contribution in [0.25, 0.3) is 0 Å². The normalized spacial score (nSPS) is 16.5. The smallest absolute Gasteiger partial charge is 0.386 e. The van der Waals surface area contributed by atoms with Crippen molar-refractivity contribution in [2.24, 2.45) is 0 Å². The maximum absolute atomic E-state index is 12.7. The largest absolute Gasteiger partial charge is 0.433 e. The van der Waals surface area contributed by atoms with E-state index in [0.29, 0.717) is 35.3 Å². The van der Waals surface area contributed by atoms with Gasteiger partial charge in [0.15, 0.2) is 5.82 Å². The quantitative estimate of drug-likeness (QED) is 0.434. The lowest BCUT2D eigenvalue weighted by atomic mass is 10.1. The molecule has 3 N–H and O–H groups in total. The van der Waals surface area contributed by atoms with Crippen LogP contribution < -0.4 is 15.5 Å². The third-order valence-electron chi connectivity index (χ3n) is 5.50. The summed E-state index contributed by atoms with van der Waals surface area (Å²) in [5, 5.41) is 20.2. The van der Waals surface area contributed by atoms with Gasteiger partial charge in [0.25, 0.3) is 0 Å². The summed E-state index contributed by atoms with van der Waals surface area (Å²) in [6.45, 7) is 5.87. The Morgan fingerprint density at radius 3 is 2.71 bits per heavy atom. The molecule has 13 heteroatoms. The average molecular weight is 488 g/mol. The number of nitrogens with one attached hydrogen (secondary N) is 2. The summed E-state index contributed by atoms with van der Waals surface area (Å²) in [4.78, 5) is 26.3. The van der Waals surface area contributed by atoms with Crippen molar-refractivity contribution in [1.29, 1.82) is 0 Å². The first-order valence-corrected chi connectivity index (χ1v) is 10.6. The lowest BCUT2D eigenvalue weighted by Gasteiger charge is -2.36. The second-order valence-corrected chi connectivity index (χ2v) is 8.05. The fraction of sp³-hybridized carbons (Fsp3) is 0.318. The molecular formula is C22H23F3N8O2. The number of rotatable bonds is 7. The summed E-state index contributed by atoms with van der Waals surface area (Å²) in [7, 11) is 1.66. The number of pyridine rings is 1. The number of aliphatic hydroxyl groups is 1. The number of aliphatic hydroxyl groups excluding tert-OH is 1. The number of aromatic nitrogens is 5. The highest BCUT2D eigenvalue weighted by molar-refractivity contribution is 6.03. The van der Waals surface area contributed by atoms with Crippen molar-refractivity contribution in [1.82, 2.24) is 24.7 Å². The molecule has 0 saturated carbocycles. The fourth-order valence-corrected chi connectivity index (χ4v) is 3.69. The van der Waals surface area contributed by atoms with E-state index >= 15 is 0 Å². The standard InChI is InChI=1S/C22H23F3N8O2/c1-4-15(34)18-20(35)30-17-12(2)29-21(31-19(17)32(18)3)27-8-14-9-28-33(11-14)10-13-5-6-16(26-7-13)22(23,24)25/h4-7,9,11,15,18,34H,1,8,10H2,2-3H3,(H,30,35)(H,27,29,31)/t15-,18+/m1/s1. The van der Waals surface area contributed by atoms with Crippen LogP contribution in [0.1, 0.15) is 22.5 Å². The van der Waals surface area contributed by atoms with Crippen molar-refractivity contribution < 1.29 is 23.1 Å². The van der Waals surface area contributed by atoms with E-state index in [2.05, 4.69) is 37.3 Å². The Hall–Kier alpha value is -4.00. The molecule has 0 spiro atoms. The average Bonchev–Trinajstić information content (AvgIpc) is 3.25. The van der Waals surface area contributed by atoms with Crippen LogP contribution >= 0.6 is 0 Å². The van der Waals surface area contributed by atoms with E-state index < -0.39 is 24.0 Å². The fourth-order valence-electron chi connectivity index (χ4n) is 3.69. The van der Waals surface area contributed by atoms with E-state index in [1.54, 1.807) is 35.9 Å². The van der Waals surface area contributed by atoms with Gasteiger partial charge in [-0.3, -0.25) is 14.5 Å². The monoisotopic (exact) mass is 488 g/mol. The number of hydrogen-bond acceptors (Lipinski definition) is 8. The minimum Gasteiger partial charge on any atom is -0.386 e. The predicted molar refractivity (Wildman–Crippen MR) is 122 cm³/mol. The van der Waals surface area contributed by atoms with Crippen LogP contribution in [-0.2, 0) is 24.1 Å². The molecule has 1 aliphatic heterocycles. The van der Waals surface area contributed by atoms with Gasteiger partial charge in [0, 0.05) is 31.5 Å². The summed E-state index contributed by atoms with van der Waals surface area (Å²) in [6, 6.07) is 1.43. The molecule has 3 aromatic heterocycles. The maximum atomic E-state index is 12.7. The zero-order valence-corrected chi connectivity index (χ0v) is 18.9. The molecular weight excluding hydrogens is 465 g/mol. The molecule has 184 valence electrons. The van der Waals surface area contributed by atoms with Gasteiger partial charge in [0.1, 0.15) is 23.5 Å². The molecule has 10 nitrogen and oxygen atoms in total. The molecule has 3 aromatic rings. The number of alkyl halides is 3. The Morgan fingerprint density at radius 2 is 2.06 bits per heavy atom. The molecule has 0 aromatic carbocycles. The topological polar surface area (TPSA) is 121 Å². The number of carbonyl (C=O) groups is 1. The van der Waals surface area contributed by atoms with Crippen LogP contribution in [0.4, 0.5) is 30.6 Å². The molecule has 0 bridgehead atoms. The summed E-state index contributed by atoms with van der Waals surface area (Å²) >= 11 is 0. The van der Waals surface area contributed by atoms with Gasteiger partial charge in [-0.15, -0.1) is 6.58 Å². The summed E-state index contributed by atoms with van der Waals surface area (Å²) in [6.07, 6.45) is 0.283. The second-order valence-electron chi connectivity index (χ2n) is 8.05. The van der Waals surface area contributed by atoms with Gasteiger partial charge in [-0.05, 0) is 18.6 Å². The van der Waals surface area contributed by atoms with E-state index in [-0.39, 0.29) is 12.5 Å². The zero-order valence-electron chi connectivity index (χ0n) is 18.9. The van der Waals surface area contributed by atoms with Crippen molar-refractivity contribution in [2.45, 2.75) is 38.3 Å². The third-order valence-corrected chi connectivity index (χ3v) is 5.50. The van der Waals surface area contributed by atoms with Gasteiger partial charge in [-0.2, -0.15) is 23.3 Å². The lowest BCUT2D eigenvalue weighted by molar-refractivity contribution is -0.141. The molecule has 0 unspecified atom stereocenters.